The standard InChI is InChI=1S/C11H16N2O4/c14-9-4-3-8(12-9)10(15)13-5-1-2-7(6-13)11(16)17/h7-8H,1-6H2,(H,12,14)(H,16,17)/t7?,8-/m1/s1. The Bertz CT molecular complexity index is 355. The Labute approximate surface area is 99.0 Å². The largest absolute Gasteiger partial charge is 0.481 e. The summed E-state index contributed by atoms with van der Waals surface area (Å²) in [4.78, 5) is 35.5. The normalized spacial score (nSPS) is 28.9. The molecule has 0 spiro atoms. The van der Waals surface area contributed by atoms with Crippen molar-refractivity contribution in [2.24, 2.45) is 5.92 Å². The first-order chi connectivity index (χ1) is 8.08. The fourth-order valence-corrected chi connectivity index (χ4v) is 2.40. The summed E-state index contributed by atoms with van der Waals surface area (Å²) in [6.45, 7) is 0.857. The first-order valence-corrected chi connectivity index (χ1v) is 5.89. The lowest BCUT2D eigenvalue weighted by molar-refractivity contribution is -0.146. The molecule has 0 aromatic rings. The third-order valence-electron chi connectivity index (χ3n) is 3.38. The number of nitrogens with one attached hydrogen (secondary N) is 1. The van der Waals surface area contributed by atoms with Gasteiger partial charge in [0.2, 0.25) is 11.8 Å². The van der Waals surface area contributed by atoms with Crippen LogP contribution in [0.5, 0.6) is 0 Å². The van der Waals surface area contributed by atoms with Crippen LogP contribution in [0.1, 0.15) is 25.7 Å². The Balaban J connectivity index is 1.95. The van der Waals surface area contributed by atoms with Crippen molar-refractivity contribution in [1.29, 1.82) is 0 Å². The van der Waals surface area contributed by atoms with Crippen LogP contribution in [0.15, 0.2) is 0 Å². The van der Waals surface area contributed by atoms with Crippen molar-refractivity contribution in [3.8, 4) is 0 Å². The van der Waals surface area contributed by atoms with Crippen LogP contribution in [-0.2, 0) is 14.4 Å². The van der Waals surface area contributed by atoms with Crippen LogP contribution in [0.25, 0.3) is 0 Å². The van der Waals surface area contributed by atoms with Crippen molar-refractivity contribution in [3.63, 3.8) is 0 Å². The summed E-state index contributed by atoms with van der Waals surface area (Å²) < 4.78 is 0. The van der Waals surface area contributed by atoms with Gasteiger partial charge in [-0.3, -0.25) is 14.4 Å². The lowest BCUT2D eigenvalue weighted by Crippen LogP contribution is -2.49. The van der Waals surface area contributed by atoms with Gasteiger partial charge in [-0.25, -0.2) is 0 Å². The van der Waals surface area contributed by atoms with E-state index in [0.717, 1.165) is 0 Å². The molecule has 6 heteroatoms. The highest BCUT2D eigenvalue weighted by Crippen LogP contribution is 2.19. The maximum absolute atomic E-state index is 12.0. The molecule has 0 aromatic heterocycles. The van der Waals surface area contributed by atoms with E-state index in [9.17, 15) is 14.4 Å². The van der Waals surface area contributed by atoms with E-state index in [4.69, 9.17) is 5.11 Å². The number of amides is 2. The number of aliphatic carboxylic acids is 1. The van der Waals surface area contributed by atoms with Crippen molar-refractivity contribution >= 4 is 17.8 Å². The van der Waals surface area contributed by atoms with Gasteiger partial charge in [0.1, 0.15) is 6.04 Å². The Kier molecular flexibility index (Phi) is 3.31. The monoisotopic (exact) mass is 240 g/mol. The number of likely N-dealkylation sites (tertiary alicyclic amines) is 1. The molecule has 0 aromatic carbocycles. The van der Waals surface area contributed by atoms with Gasteiger partial charge in [-0.15, -0.1) is 0 Å². The molecule has 2 fully saturated rings. The van der Waals surface area contributed by atoms with Crippen molar-refractivity contribution in [2.75, 3.05) is 13.1 Å². The quantitative estimate of drug-likeness (QED) is 0.687. The van der Waals surface area contributed by atoms with Gasteiger partial charge < -0.3 is 15.3 Å². The number of hydrogen-bond donors (Lipinski definition) is 2. The van der Waals surface area contributed by atoms with E-state index in [1.807, 2.05) is 0 Å². The first kappa shape index (κ1) is 11.9. The summed E-state index contributed by atoms with van der Waals surface area (Å²) in [5, 5.41) is 11.6. The third kappa shape index (κ3) is 2.57. The summed E-state index contributed by atoms with van der Waals surface area (Å²) in [6.07, 6.45) is 2.23. The summed E-state index contributed by atoms with van der Waals surface area (Å²) in [5.41, 5.74) is 0. The fraction of sp³-hybridized carbons (Fsp3) is 0.727. The second-order valence-corrected chi connectivity index (χ2v) is 4.62. The molecule has 2 rings (SSSR count). The predicted molar refractivity (Wildman–Crippen MR) is 58.1 cm³/mol. The number of carboxylic acids is 1. The van der Waals surface area contributed by atoms with E-state index < -0.39 is 17.9 Å². The van der Waals surface area contributed by atoms with E-state index in [1.54, 1.807) is 4.90 Å². The topological polar surface area (TPSA) is 86.7 Å². The van der Waals surface area contributed by atoms with Gasteiger partial charge in [-0.05, 0) is 19.3 Å². The number of nitrogens with zero attached hydrogens (tertiary/aromatic N) is 1. The lowest BCUT2D eigenvalue weighted by Gasteiger charge is -2.32. The van der Waals surface area contributed by atoms with Crippen LogP contribution >= 0.6 is 0 Å². The molecule has 1 unspecified atom stereocenters. The molecule has 0 aliphatic carbocycles. The van der Waals surface area contributed by atoms with Crippen molar-refractivity contribution in [1.82, 2.24) is 10.2 Å². The number of carboxylic acid groups (broad SMARTS) is 1. The predicted octanol–water partition coefficient (Wildman–Crippen LogP) is -0.412. The third-order valence-corrected chi connectivity index (χ3v) is 3.38. The maximum atomic E-state index is 12.0. The second kappa shape index (κ2) is 4.73. The Morgan fingerprint density at radius 2 is 2.12 bits per heavy atom. The number of piperidine rings is 1. The van der Waals surface area contributed by atoms with Crippen LogP contribution in [0.2, 0.25) is 0 Å². The van der Waals surface area contributed by atoms with Gasteiger partial charge in [0.15, 0.2) is 0 Å². The van der Waals surface area contributed by atoms with Gasteiger partial charge in [0.05, 0.1) is 5.92 Å². The highest BCUT2D eigenvalue weighted by atomic mass is 16.4. The second-order valence-electron chi connectivity index (χ2n) is 4.62. The Morgan fingerprint density at radius 3 is 2.71 bits per heavy atom. The fourth-order valence-electron chi connectivity index (χ4n) is 2.40. The molecule has 0 bridgehead atoms. The average molecular weight is 240 g/mol. The van der Waals surface area contributed by atoms with Gasteiger partial charge in [-0.2, -0.15) is 0 Å². The minimum absolute atomic E-state index is 0.102. The zero-order valence-corrected chi connectivity index (χ0v) is 9.52. The zero-order valence-electron chi connectivity index (χ0n) is 9.52. The molecule has 2 atom stereocenters. The van der Waals surface area contributed by atoms with Crippen LogP contribution < -0.4 is 5.32 Å². The van der Waals surface area contributed by atoms with E-state index in [0.29, 0.717) is 32.2 Å². The van der Waals surface area contributed by atoms with Crippen LogP contribution in [0.3, 0.4) is 0 Å². The molecule has 6 nitrogen and oxygen atoms in total. The summed E-state index contributed by atoms with van der Waals surface area (Å²) in [6, 6.07) is -0.449. The summed E-state index contributed by atoms with van der Waals surface area (Å²) >= 11 is 0. The van der Waals surface area contributed by atoms with E-state index >= 15 is 0 Å². The molecule has 17 heavy (non-hydrogen) atoms. The summed E-state index contributed by atoms with van der Waals surface area (Å²) in [5.74, 6) is -1.56. The van der Waals surface area contributed by atoms with Crippen molar-refractivity contribution in [2.45, 2.75) is 31.7 Å². The number of carbonyl (C=O) groups is 3. The zero-order chi connectivity index (χ0) is 12.4. The van der Waals surface area contributed by atoms with Crippen LogP contribution in [-0.4, -0.2) is 46.9 Å². The maximum Gasteiger partial charge on any atom is 0.308 e. The van der Waals surface area contributed by atoms with Crippen molar-refractivity contribution < 1.29 is 19.5 Å². The average Bonchev–Trinajstić information content (AvgIpc) is 2.75. The molecule has 0 radical (unpaired) electrons. The van der Waals surface area contributed by atoms with Gasteiger partial charge >= 0.3 is 5.97 Å². The minimum Gasteiger partial charge on any atom is -0.481 e. The van der Waals surface area contributed by atoms with Crippen LogP contribution in [0.4, 0.5) is 0 Å². The molecule has 2 N–H and O–H groups in total. The first-order valence-electron chi connectivity index (χ1n) is 5.89. The lowest BCUT2D eigenvalue weighted by atomic mass is 9.97. The van der Waals surface area contributed by atoms with Gasteiger partial charge in [0, 0.05) is 19.5 Å². The van der Waals surface area contributed by atoms with Crippen LogP contribution in [0, 0.1) is 5.92 Å². The molecule has 2 heterocycles. The minimum atomic E-state index is -0.849. The molecular weight excluding hydrogens is 224 g/mol. The Hall–Kier alpha value is -1.59. The number of carbonyl (C=O) groups excluding carboxylic acids is 2. The highest BCUT2D eigenvalue weighted by Gasteiger charge is 2.34. The Morgan fingerprint density at radius 1 is 1.35 bits per heavy atom. The molecular formula is C11H16N2O4. The molecule has 0 saturated carbocycles. The molecule has 2 saturated heterocycles. The highest BCUT2D eigenvalue weighted by molar-refractivity contribution is 5.91. The number of hydrogen-bond acceptors (Lipinski definition) is 3. The van der Waals surface area contributed by atoms with Gasteiger partial charge in [-0.1, -0.05) is 0 Å². The molecule has 2 aliphatic rings. The number of rotatable bonds is 2. The molecule has 2 aliphatic heterocycles. The van der Waals surface area contributed by atoms with Gasteiger partial charge in [0.25, 0.3) is 0 Å². The van der Waals surface area contributed by atoms with E-state index in [-0.39, 0.29) is 18.4 Å². The smallest absolute Gasteiger partial charge is 0.308 e. The summed E-state index contributed by atoms with van der Waals surface area (Å²) in [7, 11) is 0. The molecule has 94 valence electrons. The SMILES string of the molecule is O=C1CC[C@H](C(=O)N2CCCC(C(=O)O)C2)N1. The van der Waals surface area contributed by atoms with E-state index in [1.165, 1.54) is 0 Å². The van der Waals surface area contributed by atoms with E-state index in [2.05, 4.69) is 5.32 Å². The van der Waals surface area contributed by atoms with Crippen molar-refractivity contribution in [3.05, 3.63) is 0 Å². The molecule has 2 amide bonds.